The SMILES string of the molecule is CC(C)N(CCN1CCCc2cc(NC(=N)c3cccs3)ccc21)C(=O)OC(C)(C)C. The van der Waals surface area contributed by atoms with Gasteiger partial charge in [-0.2, -0.15) is 0 Å². The quantitative estimate of drug-likeness (QED) is 0.452. The number of thiophene rings is 1. The molecule has 0 saturated heterocycles. The Hall–Kier alpha value is -2.54. The Bertz CT molecular complexity index is 903. The number of amidine groups is 1. The van der Waals surface area contributed by atoms with E-state index in [2.05, 4.69) is 22.3 Å². The van der Waals surface area contributed by atoms with Gasteiger partial charge in [-0.25, -0.2) is 4.79 Å². The molecule has 0 bridgehead atoms. The standard InChI is InChI=1S/C24H34N4O2S/c1-17(2)28(23(29)30-24(3,4)5)14-13-27-12-6-8-18-16-19(10-11-20(18)27)26-22(25)21-9-7-15-31-21/h7,9-11,15-17H,6,8,12-14H2,1-5H3,(H2,25,26). The number of amides is 1. The van der Waals surface area contributed by atoms with Crippen LogP contribution in [0.1, 0.15) is 51.5 Å². The third-order valence-corrected chi connectivity index (χ3v) is 6.08. The second-order valence-corrected chi connectivity index (χ2v) is 10.1. The van der Waals surface area contributed by atoms with Crippen LogP contribution in [0.3, 0.4) is 0 Å². The van der Waals surface area contributed by atoms with E-state index in [1.807, 2.05) is 58.2 Å². The number of anilines is 2. The summed E-state index contributed by atoms with van der Waals surface area (Å²) in [4.78, 5) is 17.7. The molecule has 0 fully saturated rings. The van der Waals surface area contributed by atoms with Gasteiger partial charge in [0.25, 0.3) is 0 Å². The largest absolute Gasteiger partial charge is 0.444 e. The first-order valence-corrected chi connectivity index (χ1v) is 11.8. The van der Waals surface area contributed by atoms with Crippen LogP contribution < -0.4 is 10.2 Å². The highest BCUT2D eigenvalue weighted by Crippen LogP contribution is 2.30. The lowest BCUT2D eigenvalue weighted by atomic mass is 10.0. The molecule has 7 heteroatoms. The van der Waals surface area contributed by atoms with Crippen molar-refractivity contribution in [3.05, 3.63) is 46.2 Å². The van der Waals surface area contributed by atoms with Gasteiger partial charge < -0.3 is 19.9 Å². The maximum Gasteiger partial charge on any atom is 0.410 e. The Labute approximate surface area is 189 Å². The number of rotatable bonds is 6. The van der Waals surface area contributed by atoms with Gasteiger partial charge >= 0.3 is 6.09 Å². The van der Waals surface area contributed by atoms with Crippen molar-refractivity contribution in [1.29, 1.82) is 5.41 Å². The van der Waals surface area contributed by atoms with Crippen molar-refractivity contribution < 1.29 is 9.53 Å². The highest BCUT2D eigenvalue weighted by molar-refractivity contribution is 7.12. The molecular weight excluding hydrogens is 408 g/mol. The summed E-state index contributed by atoms with van der Waals surface area (Å²) >= 11 is 1.56. The molecule has 2 aromatic rings. The highest BCUT2D eigenvalue weighted by atomic mass is 32.1. The van der Waals surface area contributed by atoms with Gasteiger partial charge in [0.2, 0.25) is 0 Å². The fourth-order valence-electron chi connectivity index (χ4n) is 3.72. The number of carbonyl (C=O) groups is 1. The summed E-state index contributed by atoms with van der Waals surface area (Å²) < 4.78 is 5.59. The van der Waals surface area contributed by atoms with Crippen LogP contribution in [0.2, 0.25) is 0 Å². The number of hydrogen-bond acceptors (Lipinski definition) is 5. The second-order valence-electron chi connectivity index (χ2n) is 9.18. The van der Waals surface area contributed by atoms with Crippen molar-refractivity contribution in [2.24, 2.45) is 0 Å². The molecule has 6 nitrogen and oxygen atoms in total. The maximum atomic E-state index is 12.6. The Morgan fingerprint density at radius 1 is 1.32 bits per heavy atom. The first-order valence-electron chi connectivity index (χ1n) is 10.9. The molecule has 1 aliphatic heterocycles. The zero-order valence-electron chi connectivity index (χ0n) is 19.2. The van der Waals surface area contributed by atoms with Gasteiger partial charge in [-0.1, -0.05) is 6.07 Å². The van der Waals surface area contributed by atoms with Gasteiger partial charge in [-0.3, -0.25) is 5.41 Å². The number of hydrogen-bond donors (Lipinski definition) is 2. The van der Waals surface area contributed by atoms with Crippen LogP contribution in [0.25, 0.3) is 0 Å². The van der Waals surface area contributed by atoms with Crippen LogP contribution in [0.5, 0.6) is 0 Å². The molecule has 0 aliphatic carbocycles. The van der Waals surface area contributed by atoms with Crippen molar-refractivity contribution in [1.82, 2.24) is 4.90 Å². The summed E-state index contributed by atoms with van der Waals surface area (Å²) in [5, 5.41) is 13.5. The third-order valence-electron chi connectivity index (χ3n) is 5.19. The van der Waals surface area contributed by atoms with E-state index in [9.17, 15) is 4.79 Å². The fourth-order valence-corrected chi connectivity index (χ4v) is 4.35. The van der Waals surface area contributed by atoms with Gasteiger partial charge in [-0.05, 0) is 82.7 Å². The smallest absolute Gasteiger partial charge is 0.410 e. The normalized spacial score (nSPS) is 13.7. The number of nitrogens with one attached hydrogen (secondary N) is 2. The first-order chi connectivity index (χ1) is 14.6. The zero-order valence-corrected chi connectivity index (χ0v) is 20.0. The topological polar surface area (TPSA) is 68.7 Å². The molecule has 0 saturated carbocycles. The Morgan fingerprint density at radius 2 is 2.10 bits per heavy atom. The molecule has 1 aliphatic rings. The van der Waals surface area contributed by atoms with Gasteiger partial charge in [0, 0.05) is 37.1 Å². The van der Waals surface area contributed by atoms with Crippen LogP contribution in [0.15, 0.2) is 35.7 Å². The monoisotopic (exact) mass is 442 g/mol. The summed E-state index contributed by atoms with van der Waals surface area (Å²) in [7, 11) is 0. The van der Waals surface area contributed by atoms with E-state index in [-0.39, 0.29) is 12.1 Å². The summed E-state index contributed by atoms with van der Waals surface area (Å²) in [6.07, 6.45) is 1.84. The molecular formula is C24H34N4O2S. The predicted octanol–water partition coefficient (Wildman–Crippen LogP) is 5.58. The zero-order chi connectivity index (χ0) is 22.6. The number of nitrogens with zero attached hydrogens (tertiary/aromatic N) is 2. The summed E-state index contributed by atoms with van der Waals surface area (Å²) in [6.45, 7) is 12.1. The minimum atomic E-state index is -0.498. The molecule has 168 valence electrons. The fraction of sp³-hybridized carbons (Fsp3) is 0.500. The van der Waals surface area contributed by atoms with E-state index < -0.39 is 5.60 Å². The Kier molecular flexibility index (Phi) is 7.26. The average Bonchev–Trinajstić information content (AvgIpc) is 3.21. The van der Waals surface area contributed by atoms with Gasteiger partial charge in [0.05, 0.1) is 4.88 Å². The van der Waals surface area contributed by atoms with E-state index >= 15 is 0 Å². The molecule has 0 atom stereocenters. The lowest BCUT2D eigenvalue weighted by Gasteiger charge is -2.35. The van der Waals surface area contributed by atoms with Crippen LogP contribution in [0, 0.1) is 5.41 Å². The minimum Gasteiger partial charge on any atom is -0.444 e. The highest BCUT2D eigenvalue weighted by Gasteiger charge is 2.25. The molecule has 2 N–H and O–H groups in total. The number of ether oxygens (including phenoxy) is 1. The molecule has 0 radical (unpaired) electrons. The van der Waals surface area contributed by atoms with Gasteiger partial charge in [0.1, 0.15) is 11.4 Å². The van der Waals surface area contributed by atoms with E-state index in [1.165, 1.54) is 11.3 Å². The summed E-state index contributed by atoms with van der Waals surface area (Å²) in [6, 6.07) is 10.3. The number of benzene rings is 1. The molecule has 3 rings (SSSR count). The minimum absolute atomic E-state index is 0.0777. The van der Waals surface area contributed by atoms with Gasteiger partial charge in [-0.15, -0.1) is 11.3 Å². The number of aryl methyl sites for hydroxylation is 1. The maximum absolute atomic E-state index is 12.6. The van der Waals surface area contributed by atoms with E-state index in [4.69, 9.17) is 10.1 Å². The van der Waals surface area contributed by atoms with Crippen molar-refractivity contribution in [2.45, 2.75) is 59.1 Å². The van der Waals surface area contributed by atoms with Crippen LogP contribution >= 0.6 is 11.3 Å². The predicted molar refractivity (Wildman–Crippen MR) is 130 cm³/mol. The molecule has 2 heterocycles. The lowest BCUT2D eigenvalue weighted by Crippen LogP contribution is -2.45. The van der Waals surface area contributed by atoms with Crippen molar-refractivity contribution >= 4 is 34.6 Å². The molecule has 1 amide bonds. The molecule has 1 aromatic carbocycles. The Balaban J connectivity index is 1.66. The van der Waals surface area contributed by atoms with Crippen molar-refractivity contribution in [2.75, 3.05) is 29.9 Å². The number of carbonyl (C=O) groups excluding carboxylic acids is 1. The third kappa shape index (κ3) is 6.23. The van der Waals surface area contributed by atoms with Crippen LogP contribution in [-0.4, -0.2) is 48.1 Å². The summed E-state index contributed by atoms with van der Waals surface area (Å²) in [5.74, 6) is 0.424. The van der Waals surface area contributed by atoms with E-state index in [0.29, 0.717) is 12.4 Å². The second kappa shape index (κ2) is 9.73. The van der Waals surface area contributed by atoms with Crippen molar-refractivity contribution in [3.63, 3.8) is 0 Å². The van der Waals surface area contributed by atoms with E-state index in [0.717, 1.165) is 36.5 Å². The first kappa shape index (κ1) is 23.1. The average molecular weight is 443 g/mol. The summed E-state index contributed by atoms with van der Waals surface area (Å²) in [5.41, 5.74) is 2.94. The molecule has 0 spiro atoms. The van der Waals surface area contributed by atoms with E-state index in [1.54, 1.807) is 16.2 Å². The number of fused-ring (bicyclic) bond motifs is 1. The molecule has 0 unspecified atom stereocenters. The lowest BCUT2D eigenvalue weighted by molar-refractivity contribution is 0.0197. The Morgan fingerprint density at radius 3 is 2.74 bits per heavy atom. The molecule has 31 heavy (non-hydrogen) atoms. The van der Waals surface area contributed by atoms with Crippen molar-refractivity contribution in [3.8, 4) is 0 Å². The van der Waals surface area contributed by atoms with Crippen LogP contribution in [0.4, 0.5) is 16.2 Å². The van der Waals surface area contributed by atoms with Gasteiger partial charge in [0.15, 0.2) is 0 Å². The molecule has 1 aromatic heterocycles. The van der Waals surface area contributed by atoms with Crippen LogP contribution in [-0.2, 0) is 11.2 Å².